The van der Waals surface area contributed by atoms with Gasteiger partial charge in [0, 0.05) is 23.2 Å². The van der Waals surface area contributed by atoms with Crippen molar-refractivity contribution in [1.29, 1.82) is 0 Å². The van der Waals surface area contributed by atoms with E-state index in [2.05, 4.69) is 36.6 Å². The predicted molar refractivity (Wildman–Crippen MR) is 101 cm³/mol. The number of anilines is 2. The van der Waals surface area contributed by atoms with Crippen molar-refractivity contribution in [2.24, 2.45) is 0 Å². The fraction of sp³-hybridized carbons (Fsp3) is 0.263. The number of nitrogens with one attached hydrogen (secondary N) is 2. The third kappa shape index (κ3) is 5.74. The Kier molecular flexibility index (Phi) is 6.44. The lowest BCUT2D eigenvalue weighted by Gasteiger charge is -2.09. The molecule has 0 bridgehead atoms. The monoisotopic (exact) mass is 342 g/mol. The third-order valence-corrected chi connectivity index (χ3v) is 4.40. The lowest BCUT2D eigenvalue weighted by atomic mass is 10.0. The summed E-state index contributed by atoms with van der Waals surface area (Å²) in [6.07, 6.45) is 0. The Morgan fingerprint density at radius 2 is 1.62 bits per heavy atom. The molecule has 0 spiro atoms. The molecule has 126 valence electrons. The fourth-order valence-electron chi connectivity index (χ4n) is 2.17. The van der Waals surface area contributed by atoms with Crippen LogP contribution in [0.15, 0.2) is 53.4 Å². The SMILES string of the molecule is CC(=O)Nc1cccc(NC(=O)CSc2ccc(C(C)C)cc2)c1. The maximum atomic E-state index is 12.1. The van der Waals surface area contributed by atoms with Crippen molar-refractivity contribution >= 4 is 35.0 Å². The molecule has 2 aromatic carbocycles. The lowest BCUT2D eigenvalue weighted by molar-refractivity contribution is -0.114. The van der Waals surface area contributed by atoms with Crippen LogP contribution in [0.1, 0.15) is 32.3 Å². The van der Waals surface area contributed by atoms with Gasteiger partial charge < -0.3 is 10.6 Å². The van der Waals surface area contributed by atoms with Gasteiger partial charge >= 0.3 is 0 Å². The number of carbonyl (C=O) groups is 2. The Labute approximate surface area is 147 Å². The molecule has 2 aromatic rings. The van der Waals surface area contributed by atoms with E-state index in [1.165, 1.54) is 24.2 Å². The molecule has 0 aliphatic rings. The Morgan fingerprint density at radius 1 is 1.00 bits per heavy atom. The predicted octanol–water partition coefficient (Wildman–Crippen LogP) is 4.50. The van der Waals surface area contributed by atoms with E-state index in [1.54, 1.807) is 24.3 Å². The zero-order valence-electron chi connectivity index (χ0n) is 14.1. The number of hydrogen-bond donors (Lipinski definition) is 2. The molecule has 0 heterocycles. The molecular weight excluding hydrogens is 320 g/mol. The first kappa shape index (κ1) is 18.1. The van der Waals surface area contributed by atoms with E-state index in [4.69, 9.17) is 0 Å². The van der Waals surface area contributed by atoms with Crippen molar-refractivity contribution in [3.8, 4) is 0 Å². The van der Waals surface area contributed by atoms with E-state index < -0.39 is 0 Å². The highest BCUT2D eigenvalue weighted by Gasteiger charge is 2.06. The van der Waals surface area contributed by atoms with Crippen molar-refractivity contribution in [3.63, 3.8) is 0 Å². The van der Waals surface area contributed by atoms with Crippen LogP contribution in [0.2, 0.25) is 0 Å². The number of carbonyl (C=O) groups excluding carboxylic acids is 2. The van der Waals surface area contributed by atoms with Crippen LogP contribution in [0, 0.1) is 0 Å². The van der Waals surface area contributed by atoms with Crippen LogP contribution in [-0.2, 0) is 9.59 Å². The molecule has 0 saturated heterocycles. The van der Waals surface area contributed by atoms with E-state index >= 15 is 0 Å². The summed E-state index contributed by atoms with van der Waals surface area (Å²) in [5.74, 6) is 0.626. The first-order valence-corrected chi connectivity index (χ1v) is 8.83. The van der Waals surface area contributed by atoms with Gasteiger partial charge in [-0.1, -0.05) is 32.0 Å². The van der Waals surface area contributed by atoms with Gasteiger partial charge in [0.15, 0.2) is 0 Å². The third-order valence-electron chi connectivity index (χ3n) is 3.38. The average molecular weight is 342 g/mol. The van der Waals surface area contributed by atoms with Gasteiger partial charge in [0.05, 0.1) is 5.75 Å². The summed E-state index contributed by atoms with van der Waals surface area (Å²) in [7, 11) is 0. The normalized spacial score (nSPS) is 10.5. The molecule has 0 saturated carbocycles. The molecule has 0 unspecified atom stereocenters. The van der Waals surface area contributed by atoms with E-state index in [-0.39, 0.29) is 11.8 Å². The number of hydrogen-bond acceptors (Lipinski definition) is 3. The number of amides is 2. The Balaban J connectivity index is 1.88. The molecule has 5 heteroatoms. The van der Waals surface area contributed by atoms with Crippen molar-refractivity contribution in [2.75, 3.05) is 16.4 Å². The van der Waals surface area contributed by atoms with Crippen molar-refractivity contribution in [1.82, 2.24) is 0 Å². The largest absolute Gasteiger partial charge is 0.326 e. The van der Waals surface area contributed by atoms with Gasteiger partial charge in [-0.2, -0.15) is 0 Å². The van der Waals surface area contributed by atoms with Crippen LogP contribution < -0.4 is 10.6 Å². The zero-order chi connectivity index (χ0) is 17.5. The molecular formula is C19H22N2O2S. The molecule has 0 radical (unpaired) electrons. The van der Waals surface area contributed by atoms with Gasteiger partial charge in [0.1, 0.15) is 0 Å². The summed E-state index contributed by atoms with van der Waals surface area (Å²) in [6, 6.07) is 15.4. The van der Waals surface area contributed by atoms with Gasteiger partial charge in [0.2, 0.25) is 11.8 Å². The number of thioether (sulfide) groups is 1. The maximum Gasteiger partial charge on any atom is 0.234 e. The van der Waals surface area contributed by atoms with Gasteiger partial charge in [-0.05, 0) is 41.8 Å². The van der Waals surface area contributed by atoms with Crippen LogP contribution in [0.5, 0.6) is 0 Å². The Hall–Kier alpha value is -2.27. The molecule has 0 atom stereocenters. The van der Waals surface area contributed by atoms with Gasteiger partial charge in [-0.15, -0.1) is 11.8 Å². The summed E-state index contributed by atoms with van der Waals surface area (Å²) >= 11 is 1.50. The lowest BCUT2D eigenvalue weighted by Crippen LogP contribution is -2.14. The van der Waals surface area contributed by atoms with Crippen LogP contribution in [0.3, 0.4) is 0 Å². The molecule has 0 fully saturated rings. The summed E-state index contributed by atoms with van der Waals surface area (Å²) in [4.78, 5) is 24.2. The highest BCUT2D eigenvalue weighted by Crippen LogP contribution is 2.22. The minimum Gasteiger partial charge on any atom is -0.326 e. The topological polar surface area (TPSA) is 58.2 Å². The molecule has 2 rings (SSSR count). The van der Waals surface area contributed by atoms with Crippen LogP contribution in [0.25, 0.3) is 0 Å². The second-order valence-electron chi connectivity index (χ2n) is 5.82. The summed E-state index contributed by atoms with van der Waals surface area (Å²) in [5, 5.41) is 5.54. The fourth-order valence-corrected chi connectivity index (χ4v) is 2.87. The smallest absolute Gasteiger partial charge is 0.234 e. The number of rotatable bonds is 6. The highest BCUT2D eigenvalue weighted by atomic mass is 32.2. The van der Waals surface area contributed by atoms with E-state index in [9.17, 15) is 9.59 Å². The Bertz CT molecular complexity index is 712. The summed E-state index contributed by atoms with van der Waals surface area (Å²) in [5.41, 5.74) is 2.62. The first-order chi connectivity index (χ1) is 11.4. The molecule has 2 N–H and O–H groups in total. The molecule has 0 aliphatic heterocycles. The molecule has 4 nitrogen and oxygen atoms in total. The molecule has 24 heavy (non-hydrogen) atoms. The van der Waals surface area contributed by atoms with E-state index in [0.29, 0.717) is 23.0 Å². The second-order valence-corrected chi connectivity index (χ2v) is 6.87. The van der Waals surface area contributed by atoms with Crippen molar-refractivity contribution in [3.05, 3.63) is 54.1 Å². The highest BCUT2D eigenvalue weighted by molar-refractivity contribution is 8.00. The summed E-state index contributed by atoms with van der Waals surface area (Å²) in [6.45, 7) is 5.77. The molecule has 2 amide bonds. The van der Waals surface area contributed by atoms with Gasteiger partial charge in [-0.25, -0.2) is 0 Å². The number of benzene rings is 2. The second kappa shape index (κ2) is 8.55. The van der Waals surface area contributed by atoms with E-state index in [0.717, 1.165) is 4.90 Å². The molecule has 0 aliphatic carbocycles. The minimum atomic E-state index is -0.140. The quantitative estimate of drug-likeness (QED) is 0.760. The zero-order valence-corrected chi connectivity index (χ0v) is 14.9. The average Bonchev–Trinajstić information content (AvgIpc) is 2.53. The first-order valence-electron chi connectivity index (χ1n) is 7.84. The van der Waals surface area contributed by atoms with Crippen molar-refractivity contribution < 1.29 is 9.59 Å². The van der Waals surface area contributed by atoms with Gasteiger partial charge in [0.25, 0.3) is 0 Å². The minimum absolute atomic E-state index is 0.0760. The standard InChI is InChI=1S/C19H22N2O2S/c1-13(2)15-7-9-18(10-8-15)24-12-19(23)21-17-6-4-5-16(11-17)20-14(3)22/h4-11,13H,12H2,1-3H3,(H,20,22)(H,21,23). The van der Waals surface area contributed by atoms with Gasteiger partial charge in [-0.3, -0.25) is 9.59 Å². The molecule has 0 aromatic heterocycles. The van der Waals surface area contributed by atoms with Crippen LogP contribution in [0.4, 0.5) is 11.4 Å². The summed E-state index contributed by atoms with van der Waals surface area (Å²) < 4.78 is 0. The van der Waals surface area contributed by atoms with Crippen LogP contribution in [-0.4, -0.2) is 17.6 Å². The van der Waals surface area contributed by atoms with Crippen molar-refractivity contribution in [2.45, 2.75) is 31.6 Å². The van der Waals surface area contributed by atoms with E-state index in [1.807, 2.05) is 12.1 Å². The maximum absolute atomic E-state index is 12.1. The van der Waals surface area contributed by atoms with Crippen LogP contribution >= 0.6 is 11.8 Å². The Morgan fingerprint density at radius 3 is 2.21 bits per heavy atom.